The van der Waals surface area contributed by atoms with Crippen LogP contribution in [0.25, 0.3) is 27.7 Å². The van der Waals surface area contributed by atoms with E-state index in [4.69, 9.17) is 0 Å². The first-order chi connectivity index (χ1) is 25.3. The van der Waals surface area contributed by atoms with Crippen molar-refractivity contribution in [2.24, 2.45) is 12.0 Å². The fourth-order valence-corrected chi connectivity index (χ4v) is 7.56. The van der Waals surface area contributed by atoms with Gasteiger partial charge < -0.3 is 20.1 Å². The van der Waals surface area contributed by atoms with Crippen molar-refractivity contribution in [1.29, 1.82) is 0 Å². The van der Waals surface area contributed by atoms with Crippen LogP contribution in [0.4, 0.5) is 17.1 Å². The summed E-state index contributed by atoms with van der Waals surface area (Å²) in [7, 11) is -7.29. The van der Waals surface area contributed by atoms with E-state index in [1.807, 2.05) is 73.8 Å². The van der Waals surface area contributed by atoms with Crippen LogP contribution in [0.5, 0.6) is 11.5 Å². The van der Waals surface area contributed by atoms with E-state index < -0.39 is 41.5 Å². The molecule has 1 heterocycles. The van der Waals surface area contributed by atoms with Crippen molar-refractivity contribution in [2.75, 3.05) is 5.32 Å². The number of nitrogens with zero attached hydrogens (tertiary/aromatic N) is 2. The van der Waals surface area contributed by atoms with Crippen LogP contribution < -0.4 is 5.32 Å². The van der Waals surface area contributed by atoms with Gasteiger partial charge in [-0.1, -0.05) is 72.8 Å². The van der Waals surface area contributed by atoms with Crippen molar-refractivity contribution in [3.63, 3.8) is 0 Å². The van der Waals surface area contributed by atoms with Gasteiger partial charge in [-0.15, -0.1) is 0 Å². The number of aromatic nitrogens is 1. The van der Waals surface area contributed by atoms with Crippen LogP contribution in [-0.2, 0) is 27.3 Å². The van der Waals surface area contributed by atoms with E-state index >= 15 is 0 Å². The van der Waals surface area contributed by atoms with Crippen LogP contribution in [0.15, 0.2) is 160 Å². The number of phenolic OH excluding ortho intramolecular Hbond substituents is 2. The zero-order valence-electron chi connectivity index (χ0n) is 28.9. The Hall–Kier alpha value is -5.25. The van der Waals surface area contributed by atoms with Crippen molar-refractivity contribution in [1.82, 2.24) is 4.57 Å². The molecule has 1 aliphatic carbocycles. The van der Waals surface area contributed by atoms with Crippen molar-refractivity contribution >= 4 is 89.0 Å². The Morgan fingerprint density at radius 2 is 1.24 bits per heavy atom. The van der Waals surface area contributed by atoms with E-state index in [0.29, 0.717) is 17.1 Å². The fraction of sp³-hybridized carbons (Fsp3) is 0.0250. The molecule has 0 fully saturated rings. The first kappa shape index (κ1) is 38.5. The van der Waals surface area contributed by atoms with E-state index in [0.717, 1.165) is 62.6 Å². The molecule has 1 aliphatic rings. The number of aromatic hydroxyl groups is 2. The van der Waals surface area contributed by atoms with Crippen molar-refractivity contribution < 1.29 is 36.2 Å². The quantitative estimate of drug-likeness (QED) is 0.0587. The minimum atomic E-state index is -4.67. The fourth-order valence-electron chi connectivity index (χ4n) is 6.35. The number of hydrogen-bond acceptors (Lipinski definition) is 8. The second kappa shape index (κ2) is 15.2. The largest absolute Gasteiger partial charge is 0.506 e. The molecule has 0 spiro atoms. The molecule has 0 atom stereocenters. The first-order valence-electron chi connectivity index (χ1n) is 16.1. The summed E-state index contributed by atoms with van der Waals surface area (Å²) < 4.78 is 68.2. The maximum atomic E-state index is 11.8. The predicted molar refractivity (Wildman–Crippen MR) is 211 cm³/mol. The summed E-state index contributed by atoms with van der Waals surface area (Å²) in [6.07, 6.45) is 7.40. The normalized spacial score (nSPS) is 12.8. The van der Waals surface area contributed by atoms with E-state index in [1.165, 1.54) is 18.2 Å². The van der Waals surface area contributed by atoms with Gasteiger partial charge in [0, 0.05) is 64.4 Å². The third kappa shape index (κ3) is 7.84. The van der Waals surface area contributed by atoms with Gasteiger partial charge in [0.2, 0.25) is 0 Å². The van der Waals surface area contributed by atoms with Crippen molar-refractivity contribution in [3.8, 4) is 22.8 Å². The number of aryl methyl sites for hydroxylation is 1. The molecule has 5 N–H and O–H groups in total. The minimum absolute atomic E-state index is 0. The molecule has 6 aromatic rings. The van der Waals surface area contributed by atoms with Gasteiger partial charge in [-0.3, -0.25) is 9.11 Å². The Balaban J connectivity index is 0.00000497. The average molecular weight is 769 g/mol. The number of para-hydroxylation sites is 1. The summed E-state index contributed by atoms with van der Waals surface area (Å²) in [6.45, 7) is 0. The Morgan fingerprint density at radius 1 is 0.667 bits per heavy atom. The second-order valence-electron chi connectivity index (χ2n) is 12.2. The molecule has 0 unspecified atom stereocenters. The summed E-state index contributed by atoms with van der Waals surface area (Å²) in [5.74, 6) is -1.15. The Kier molecular flexibility index (Phi) is 10.9. The molecule has 0 aliphatic heterocycles. The molecular weight excluding hydrogens is 738 g/mol. The summed E-state index contributed by atoms with van der Waals surface area (Å²) in [6, 6.07) is 33.2. The Bertz CT molecular complexity index is 2760. The molecule has 14 heteroatoms. The predicted octanol–water partition coefficient (Wildman–Crippen LogP) is 7.81. The third-order valence-electron chi connectivity index (χ3n) is 8.74. The number of benzene rings is 5. The van der Waals surface area contributed by atoms with Gasteiger partial charge in [-0.25, -0.2) is 4.99 Å². The topological polar surface area (TPSA) is 179 Å². The van der Waals surface area contributed by atoms with Crippen LogP contribution in [0.3, 0.4) is 0 Å². The molecule has 0 amide bonds. The molecule has 0 saturated heterocycles. The number of rotatable bonds is 8. The Morgan fingerprint density at radius 3 is 1.89 bits per heavy atom. The maximum absolute atomic E-state index is 11.8. The van der Waals surface area contributed by atoms with Crippen molar-refractivity contribution in [2.45, 2.75) is 9.79 Å². The van der Waals surface area contributed by atoms with Crippen molar-refractivity contribution in [3.05, 3.63) is 156 Å². The zero-order valence-corrected chi connectivity index (χ0v) is 32.5. The van der Waals surface area contributed by atoms with E-state index in [9.17, 15) is 36.2 Å². The standard InChI is InChI=1S/C40H31N3O8S2.Na/c1-43-33-10-6-5-9-32(33)39(40(43)27-7-3-2-4-8-27)38(25-11-15-28(16-12-25)41-30-19-21-34(44)36(23-30)52(46,47)48)26-13-17-29(18-14-26)42-31-20-22-35(45)37(24-31)53(49,50)51;/h2-24,41,44-45H,1H3,(H,46,47,48)(H,49,50,51);. The minimum Gasteiger partial charge on any atom is -0.506 e. The molecule has 7 rings (SSSR count). The summed E-state index contributed by atoms with van der Waals surface area (Å²) in [4.78, 5) is 3.27. The summed E-state index contributed by atoms with van der Waals surface area (Å²) in [5, 5.41) is 24.0. The van der Waals surface area contributed by atoms with Gasteiger partial charge in [0.25, 0.3) is 20.2 Å². The summed E-state index contributed by atoms with van der Waals surface area (Å²) in [5.41, 5.74) is 8.27. The molecule has 1 radical (unpaired) electrons. The van der Waals surface area contributed by atoms with Gasteiger partial charge >= 0.3 is 0 Å². The zero-order chi connectivity index (χ0) is 37.5. The third-order valence-corrected chi connectivity index (χ3v) is 10.5. The van der Waals surface area contributed by atoms with Crippen LogP contribution >= 0.6 is 0 Å². The Labute approximate surface area is 333 Å². The van der Waals surface area contributed by atoms with Gasteiger partial charge in [0.1, 0.15) is 21.3 Å². The SMILES string of the molecule is Cn1c(-c2ccccc2)c(C(=C2C=CC(=Nc3ccc(O)c(S(=O)(=O)O)c3)C=C2)c2ccc(Nc3ccc(O)c(S(=O)(=O)O)c3)cc2)c2ccccc21.[Na]. The monoisotopic (exact) mass is 768 g/mol. The number of hydrogen-bond donors (Lipinski definition) is 5. The maximum Gasteiger partial charge on any atom is 0.298 e. The number of phenols is 2. The van der Waals surface area contributed by atoms with Crippen LogP contribution in [0, 0.1) is 0 Å². The first-order valence-corrected chi connectivity index (χ1v) is 19.0. The molecule has 0 saturated carbocycles. The van der Waals surface area contributed by atoms with Crippen LogP contribution in [0.1, 0.15) is 11.1 Å². The molecule has 5 aromatic carbocycles. The molecule has 11 nitrogen and oxygen atoms in total. The number of aliphatic imine (C=N–C) groups is 1. The summed E-state index contributed by atoms with van der Waals surface area (Å²) >= 11 is 0. The van der Waals surface area contributed by atoms with Gasteiger partial charge in [-0.05, 0) is 89.0 Å². The number of allylic oxidation sites excluding steroid dienone is 5. The van der Waals surface area contributed by atoms with Gasteiger partial charge in [0.15, 0.2) is 0 Å². The number of anilines is 2. The number of nitrogens with one attached hydrogen (secondary N) is 1. The smallest absolute Gasteiger partial charge is 0.298 e. The van der Waals surface area contributed by atoms with E-state index in [-0.39, 0.29) is 35.2 Å². The van der Waals surface area contributed by atoms with Gasteiger partial charge in [0.05, 0.1) is 17.1 Å². The molecular formula is C40H31N3NaO8S2. The number of fused-ring (bicyclic) bond motifs is 1. The molecule has 0 bridgehead atoms. The molecule has 1 aromatic heterocycles. The van der Waals surface area contributed by atoms with E-state index in [1.54, 1.807) is 12.2 Å². The van der Waals surface area contributed by atoms with E-state index in [2.05, 4.69) is 39.1 Å². The second-order valence-corrected chi connectivity index (χ2v) is 15.0. The average Bonchev–Trinajstić information content (AvgIpc) is 3.42. The van der Waals surface area contributed by atoms with Crippen LogP contribution in [0.2, 0.25) is 0 Å². The van der Waals surface area contributed by atoms with Gasteiger partial charge in [-0.2, -0.15) is 16.8 Å². The molecule has 267 valence electrons. The molecule has 54 heavy (non-hydrogen) atoms. The van der Waals surface area contributed by atoms with Crippen LogP contribution in [-0.4, -0.2) is 76.0 Å².